The van der Waals surface area contributed by atoms with E-state index in [4.69, 9.17) is 9.15 Å². The molecule has 1 aromatic carbocycles. The molecule has 0 unspecified atom stereocenters. The van der Waals surface area contributed by atoms with Crippen molar-refractivity contribution in [3.05, 3.63) is 35.7 Å². The first-order chi connectivity index (χ1) is 9.05. The Morgan fingerprint density at radius 3 is 2.53 bits per heavy atom. The fourth-order valence-electron chi connectivity index (χ4n) is 2.86. The van der Waals surface area contributed by atoms with E-state index in [1.807, 2.05) is 31.2 Å². The van der Waals surface area contributed by atoms with E-state index in [9.17, 15) is 0 Å². The molecule has 0 atom stereocenters. The van der Waals surface area contributed by atoms with Crippen molar-refractivity contribution in [2.75, 3.05) is 0 Å². The summed E-state index contributed by atoms with van der Waals surface area (Å²) < 4.78 is 11.2. The smallest absolute Gasteiger partial charge is 0.410 e. The zero-order valence-corrected chi connectivity index (χ0v) is 11.5. The van der Waals surface area contributed by atoms with Crippen LogP contribution >= 0.6 is 0 Å². The lowest BCUT2D eigenvalue weighted by Gasteiger charge is -2.40. The Hall–Kier alpha value is -1.84. The first-order valence-corrected chi connectivity index (χ1v) is 6.64. The van der Waals surface area contributed by atoms with Crippen molar-refractivity contribution < 1.29 is 9.15 Å². The molecule has 1 saturated carbocycles. The number of nitrogens with zero attached hydrogens (tertiary/aromatic N) is 2. The van der Waals surface area contributed by atoms with E-state index >= 15 is 0 Å². The highest BCUT2D eigenvalue weighted by Gasteiger charge is 2.43. The molecule has 2 aromatic rings. The van der Waals surface area contributed by atoms with Gasteiger partial charge in [0.05, 0.1) is 0 Å². The molecule has 0 radical (unpaired) electrons. The molecule has 0 bridgehead atoms. The van der Waals surface area contributed by atoms with Gasteiger partial charge in [-0.25, -0.2) is 0 Å². The van der Waals surface area contributed by atoms with E-state index in [2.05, 4.69) is 24.0 Å². The minimum Gasteiger partial charge on any atom is -0.410 e. The maximum absolute atomic E-state index is 5.63. The summed E-state index contributed by atoms with van der Waals surface area (Å²) in [7, 11) is 0. The quantitative estimate of drug-likeness (QED) is 0.838. The highest BCUT2D eigenvalue weighted by atomic mass is 16.6. The van der Waals surface area contributed by atoms with Crippen molar-refractivity contribution in [3.8, 4) is 11.8 Å². The Morgan fingerprint density at radius 2 is 1.89 bits per heavy atom. The summed E-state index contributed by atoms with van der Waals surface area (Å²) in [5.74, 6) is 2.14. The zero-order valence-electron chi connectivity index (χ0n) is 11.5. The molecule has 3 rings (SSSR count). The van der Waals surface area contributed by atoms with Gasteiger partial charge < -0.3 is 9.15 Å². The van der Waals surface area contributed by atoms with Crippen molar-refractivity contribution in [1.82, 2.24) is 10.2 Å². The number of ether oxygens (including phenoxy) is 1. The van der Waals surface area contributed by atoms with Gasteiger partial charge in [0, 0.05) is 5.41 Å². The fourth-order valence-corrected chi connectivity index (χ4v) is 2.86. The average molecular weight is 258 g/mol. The third-order valence-electron chi connectivity index (χ3n) is 3.75. The molecule has 4 nitrogen and oxygen atoms in total. The Labute approximate surface area is 112 Å². The molecule has 0 amide bonds. The summed E-state index contributed by atoms with van der Waals surface area (Å²) in [5, 5.41) is 8.08. The van der Waals surface area contributed by atoms with Gasteiger partial charge in [0.2, 0.25) is 5.89 Å². The molecule has 0 saturated heterocycles. The minimum absolute atomic E-state index is 0.0291. The van der Waals surface area contributed by atoms with Gasteiger partial charge in [0.15, 0.2) is 0 Å². The van der Waals surface area contributed by atoms with Gasteiger partial charge in [0.25, 0.3) is 0 Å². The SMILES string of the molecule is Cc1ccc(Oc2nnc(C3(C)CC(C)C3)o2)cc1. The molecule has 1 aliphatic rings. The van der Waals surface area contributed by atoms with Crippen LogP contribution in [-0.2, 0) is 5.41 Å². The number of rotatable bonds is 3. The highest BCUT2D eigenvalue weighted by molar-refractivity contribution is 5.28. The van der Waals surface area contributed by atoms with Gasteiger partial charge in [-0.3, -0.25) is 0 Å². The van der Waals surface area contributed by atoms with E-state index in [1.165, 1.54) is 5.56 Å². The maximum Gasteiger partial charge on any atom is 0.420 e. The summed E-state index contributed by atoms with van der Waals surface area (Å²) in [6.45, 7) is 6.44. The molecule has 1 fully saturated rings. The fraction of sp³-hybridized carbons (Fsp3) is 0.467. The second-order valence-electron chi connectivity index (χ2n) is 5.86. The molecule has 19 heavy (non-hydrogen) atoms. The van der Waals surface area contributed by atoms with Crippen LogP contribution in [0.2, 0.25) is 0 Å². The predicted octanol–water partition coefficient (Wildman–Crippen LogP) is 3.86. The molecule has 0 spiro atoms. The van der Waals surface area contributed by atoms with E-state index in [1.54, 1.807) is 0 Å². The molecule has 1 aliphatic carbocycles. The third kappa shape index (κ3) is 2.35. The van der Waals surface area contributed by atoms with Gasteiger partial charge in [-0.05, 0) is 37.8 Å². The highest BCUT2D eigenvalue weighted by Crippen LogP contribution is 2.47. The normalized spacial score (nSPS) is 25.9. The number of aryl methyl sites for hydroxylation is 1. The summed E-state index contributed by atoms with van der Waals surface area (Å²) in [5.41, 5.74) is 1.22. The molecule has 0 N–H and O–H groups in total. The van der Waals surface area contributed by atoms with Crippen LogP contribution in [0.15, 0.2) is 28.7 Å². The van der Waals surface area contributed by atoms with Gasteiger partial charge in [-0.15, -0.1) is 5.10 Å². The lowest BCUT2D eigenvalue weighted by molar-refractivity contribution is 0.135. The van der Waals surface area contributed by atoms with Crippen LogP contribution in [0.4, 0.5) is 0 Å². The molecule has 1 heterocycles. The topological polar surface area (TPSA) is 48.2 Å². The van der Waals surface area contributed by atoms with Crippen molar-refractivity contribution in [2.24, 2.45) is 5.92 Å². The first kappa shape index (κ1) is 12.2. The standard InChI is InChI=1S/C15H18N2O2/c1-10-4-6-12(7-5-10)18-14-17-16-13(19-14)15(3)8-11(2)9-15/h4-7,11H,8-9H2,1-3H3. The maximum atomic E-state index is 5.63. The average Bonchev–Trinajstić information content (AvgIpc) is 2.79. The second kappa shape index (κ2) is 4.37. The molecule has 1 aromatic heterocycles. The van der Waals surface area contributed by atoms with Crippen LogP contribution in [0, 0.1) is 12.8 Å². The lowest BCUT2D eigenvalue weighted by Crippen LogP contribution is -2.37. The monoisotopic (exact) mass is 258 g/mol. The molecule has 4 heteroatoms. The lowest BCUT2D eigenvalue weighted by atomic mass is 9.64. The van der Waals surface area contributed by atoms with Crippen LogP contribution in [0.25, 0.3) is 0 Å². The van der Waals surface area contributed by atoms with Gasteiger partial charge in [-0.1, -0.05) is 36.6 Å². The number of hydrogen-bond donors (Lipinski definition) is 0. The van der Waals surface area contributed by atoms with Crippen molar-refractivity contribution in [1.29, 1.82) is 0 Å². The summed E-state index contributed by atoms with van der Waals surface area (Å²) in [6, 6.07) is 7.77. The van der Waals surface area contributed by atoms with Crippen LogP contribution < -0.4 is 4.74 Å². The predicted molar refractivity (Wildman–Crippen MR) is 71.3 cm³/mol. The van der Waals surface area contributed by atoms with E-state index < -0.39 is 0 Å². The van der Waals surface area contributed by atoms with Crippen molar-refractivity contribution in [3.63, 3.8) is 0 Å². The van der Waals surface area contributed by atoms with Crippen LogP contribution in [-0.4, -0.2) is 10.2 Å². The molecule has 0 aliphatic heterocycles. The Bertz CT molecular complexity index is 568. The molecule has 100 valence electrons. The van der Waals surface area contributed by atoms with E-state index in [0.29, 0.717) is 11.6 Å². The van der Waals surface area contributed by atoms with Gasteiger partial charge >= 0.3 is 6.08 Å². The van der Waals surface area contributed by atoms with Crippen LogP contribution in [0.1, 0.15) is 38.1 Å². The zero-order chi connectivity index (χ0) is 13.5. The number of hydrogen-bond acceptors (Lipinski definition) is 4. The Morgan fingerprint density at radius 1 is 1.21 bits per heavy atom. The number of benzene rings is 1. The first-order valence-electron chi connectivity index (χ1n) is 6.64. The van der Waals surface area contributed by atoms with Crippen LogP contribution in [0.3, 0.4) is 0 Å². The summed E-state index contributed by atoms with van der Waals surface area (Å²) in [6.07, 6.45) is 2.41. The second-order valence-corrected chi connectivity index (χ2v) is 5.86. The van der Waals surface area contributed by atoms with Crippen LogP contribution in [0.5, 0.6) is 11.8 Å². The Balaban J connectivity index is 1.73. The van der Waals surface area contributed by atoms with Gasteiger partial charge in [0.1, 0.15) is 5.75 Å². The molecular weight excluding hydrogens is 240 g/mol. The van der Waals surface area contributed by atoms with E-state index in [-0.39, 0.29) is 11.5 Å². The number of aromatic nitrogens is 2. The Kier molecular flexibility index (Phi) is 2.81. The largest absolute Gasteiger partial charge is 0.420 e. The van der Waals surface area contributed by atoms with Crippen molar-refractivity contribution >= 4 is 0 Å². The molecular formula is C15H18N2O2. The third-order valence-corrected chi connectivity index (χ3v) is 3.75. The minimum atomic E-state index is 0.0291. The van der Waals surface area contributed by atoms with Gasteiger partial charge in [-0.2, -0.15) is 0 Å². The van der Waals surface area contributed by atoms with Crippen molar-refractivity contribution in [2.45, 2.75) is 39.0 Å². The summed E-state index contributed by atoms with van der Waals surface area (Å²) in [4.78, 5) is 0. The van der Waals surface area contributed by atoms with E-state index in [0.717, 1.165) is 18.8 Å². The summed E-state index contributed by atoms with van der Waals surface area (Å²) >= 11 is 0.